The van der Waals surface area contributed by atoms with Gasteiger partial charge in [-0.3, -0.25) is 0 Å². The van der Waals surface area contributed by atoms with Gasteiger partial charge in [-0.05, 0) is 41.0 Å². The Morgan fingerprint density at radius 2 is 1.95 bits per heavy atom. The van der Waals surface area contributed by atoms with Crippen molar-refractivity contribution in [2.75, 3.05) is 13.7 Å². The molecule has 0 aliphatic heterocycles. The molecule has 1 atom stereocenters. The monoisotopic (exact) mass is 275 g/mol. The summed E-state index contributed by atoms with van der Waals surface area (Å²) >= 11 is 1.75. The van der Waals surface area contributed by atoms with Crippen molar-refractivity contribution < 1.29 is 4.74 Å². The lowest BCUT2D eigenvalue weighted by Crippen LogP contribution is -2.12. The standard InChI is InChI=1S/C16H21NOS/c1-3-13-9-11-19-16(13)15(17)14-6-4-12(5-7-14)8-10-18-2/h4-7,9,11,15H,3,8,10,17H2,1-2H3. The SMILES string of the molecule is CCc1ccsc1C(N)c1ccc(CCOC)cc1. The van der Waals surface area contributed by atoms with Gasteiger partial charge in [-0.1, -0.05) is 31.2 Å². The molecule has 2 aromatic rings. The summed E-state index contributed by atoms with van der Waals surface area (Å²) in [6.07, 6.45) is 1.99. The number of benzene rings is 1. The van der Waals surface area contributed by atoms with Crippen LogP contribution in [0.2, 0.25) is 0 Å². The highest BCUT2D eigenvalue weighted by molar-refractivity contribution is 7.10. The van der Waals surface area contributed by atoms with Crippen molar-refractivity contribution in [3.05, 3.63) is 57.3 Å². The van der Waals surface area contributed by atoms with Crippen molar-refractivity contribution >= 4 is 11.3 Å². The third-order valence-corrected chi connectivity index (χ3v) is 4.42. The molecule has 3 heteroatoms. The predicted molar refractivity (Wildman–Crippen MR) is 81.7 cm³/mol. The summed E-state index contributed by atoms with van der Waals surface area (Å²) in [6, 6.07) is 10.7. The largest absolute Gasteiger partial charge is 0.384 e. The maximum Gasteiger partial charge on any atom is 0.0648 e. The highest BCUT2D eigenvalue weighted by atomic mass is 32.1. The first-order valence-electron chi connectivity index (χ1n) is 6.66. The molecule has 0 fully saturated rings. The van der Waals surface area contributed by atoms with Crippen LogP contribution >= 0.6 is 11.3 Å². The van der Waals surface area contributed by atoms with Gasteiger partial charge in [0.05, 0.1) is 12.6 Å². The molecule has 0 aliphatic rings. The maximum absolute atomic E-state index is 6.37. The zero-order chi connectivity index (χ0) is 13.7. The van der Waals surface area contributed by atoms with Crippen LogP contribution in [0.3, 0.4) is 0 Å². The second-order valence-corrected chi connectivity index (χ2v) is 5.57. The molecular formula is C16H21NOS. The van der Waals surface area contributed by atoms with Gasteiger partial charge >= 0.3 is 0 Å². The molecule has 2 nitrogen and oxygen atoms in total. The fourth-order valence-electron chi connectivity index (χ4n) is 2.18. The number of rotatable bonds is 6. The van der Waals surface area contributed by atoms with Crippen LogP contribution < -0.4 is 5.73 Å². The molecule has 0 bridgehead atoms. The third-order valence-electron chi connectivity index (χ3n) is 3.38. The molecule has 0 radical (unpaired) electrons. The van der Waals surface area contributed by atoms with Crippen molar-refractivity contribution in [2.24, 2.45) is 5.73 Å². The first-order valence-corrected chi connectivity index (χ1v) is 7.53. The van der Waals surface area contributed by atoms with E-state index in [9.17, 15) is 0 Å². The highest BCUT2D eigenvalue weighted by Crippen LogP contribution is 2.28. The lowest BCUT2D eigenvalue weighted by molar-refractivity contribution is 0.202. The Morgan fingerprint density at radius 1 is 1.21 bits per heavy atom. The van der Waals surface area contributed by atoms with Crippen molar-refractivity contribution in [1.29, 1.82) is 0 Å². The van der Waals surface area contributed by atoms with Gasteiger partial charge < -0.3 is 10.5 Å². The van der Waals surface area contributed by atoms with E-state index in [1.54, 1.807) is 18.4 Å². The average molecular weight is 275 g/mol. The van der Waals surface area contributed by atoms with E-state index in [-0.39, 0.29) is 6.04 Å². The van der Waals surface area contributed by atoms with Crippen LogP contribution in [0.5, 0.6) is 0 Å². The molecular weight excluding hydrogens is 254 g/mol. The quantitative estimate of drug-likeness (QED) is 0.875. The molecule has 19 heavy (non-hydrogen) atoms. The van der Waals surface area contributed by atoms with Crippen molar-refractivity contribution in [1.82, 2.24) is 0 Å². The van der Waals surface area contributed by atoms with E-state index in [0.29, 0.717) is 0 Å². The molecule has 0 saturated heterocycles. The zero-order valence-corrected chi connectivity index (χ0v) is 12.4. The molecule has 1 unspecified atom stereocenters. The number of ether oxygens (including phenoxy) is 1. The van der Waals surface area contributed by atoms with E-state index in [2.05, 4.69) is 42.6 Å². The maximum atomic E-state index is 6.37. The van der Waals surface area contributed by atoms with Gasteiger partial charge in [-0.15, -0.1) is 11.3 Å². The van der Waals surface area contributed by atoms with Crippen LogP contribution in [0.15, 0.2) is 35.7 Å². The third kappa shape index (κ3) is 3.44. The number of hydrogen-bond donors (Lipinski definition) is 1. The number of methoxy groups -OCH3 is 1. The Kier molecular flexibility index (Phi) is 5.14. The minimum atomic E-state index is -0.00794. The van der Waals surface area contributed by atoms with Crippen LogP contribution in [0.1, 0.15) is 34.5 Å². The molecule has 2 N–H and O–H groups in total. The molecule has 0 spiro atoms. The lowest BCUT2D eigenvalue weighted by Gasteiger charge is -2.13. The van der Waals surface area contributed by atoms with Crippen LogP contribution in [0.25, 0.3) is 0 Å². The fourth-order valence-corrected chi connectivity index (χ4v) is 3.20. The summed E-state index contributed by atoms with van der Waals surface area (Å²) < 4.78 is 5.09. The zero-order valence-electron chi connectivity index (χ0n) is 11.6. The van der Waals surface area contributed by atoms with Crippen LogP contribution in [-0.4, -0.2) is 13.7 Å². The summed E-state index contributed by atoms with van der Waals surface area (Å²) in [7, 11) is 1.73. The summed E-state index contributed by atoms with van der Waals surface area (Å²) in [5.41, 5.74) is 10.2. The molecule has 0 aliphatic carbocycles. The molecule has 0 amide bonds. The molecule has 1 aromatic carbocycles. The number of nitrogens with two attached hydrogens (primary N) is 1. The van der Waals surface area contributed by atoms with Crippen molar-refractivity contribution in [3.63, 3.8) is 0 Å². The van der Waals surface area contributed by atoms with Gasteiger partial charge in [-0.25, -0.2) is 0 Å². The Hall–Kier alpha value is -1.16. The number of aryl methyl sites for hydroxylation is 1. The number of hydrogen-bond acceptors (Lipinski definition) is 3. The van der Waals surface area contributed by atoms with Gasteiger partial charge in [0, 0.05) is 12.0 Å². The van der Waals surface area contributed by atoms with Crippen molar-refractivity contribution in [2.45, 2.75) is 25.8 Å². The predicted octanol–water partition coefficient (Wildman–Crippen LogP) is 3.55. The normalized spacial score (nSPS) is 12.6. The lowest BCUT2D eigenvalue weighted by atomic mass is 10.0. The Labute approximate surface area is 119 Å². The van der Waals surface area contributed by atoms with E-state index in [1.165, 1.54) is 21.6 Å². The van der Waals surface area contributed by atoms with Crippen LogP contribution in [0, 0.1) is 0 Å². The number of thiophene rings is 1. The van der Waals surface area contributed by atoms with Crippen LogP contribution in [-0.2, 0) is 17.6 Å². The van der Waals surface area contributed by atoms with E-state index in [1.807, 2.05) is 0 Å². The molecule has 102 valence electrons. The van der Waals surface area contributed by atoms with Crippen molar-refractivity contribution in [3.8, 4) is 0 Å². The summed E-state index contributed by atoms with van der Waals surface area (Å²) in [4.78, 5) is 1.28. The second kappa shape index (κ2) is 6.85. The van der Waals surface area contributed by atoms with E-state index < -0.39 is 0 Å². The Balaban J connectivity index is 2.13. The molecule has 0 saturated carbocycles. The first-order chi connectivity index (χ1) is 9.26. The summed E-state index contributed by atoms with van der Waals surface area (Å²) in [6.45, 7) is 2.93. The molecule has 1 aromatic heterocycles. The van der Waals surface area contributed by atoms with Gasteiger partial charge in [0.15, 0.2) is 0 Å². The van der Waals surface area contributed by atoms with E-state index in [0.717, 1.165) is 19.4 Å². The summed E-state index contributed by atoms with van der Waals surface area (Å²) in [5.74, 6) is 0. The molecule has 2 rings (SSSR count). The van der Waals surface area contributed by atoms with Gasteiger partial charge in [0.25, 0.3) is 0 Å². The first kappa shape index (κ1) is 14.3. The van der Waals surface area contributed by atoms with Gasteiger partial charge in [-0.2, -0.15) is 0 Å². The topological polar surface area (TPSA) is 35.2 Å². The second-order valence-electron chi connectivity index (χ2n) is 4.63. The van der Waals surface area contributed by atoms with E-state index >= 15 is 0 Å². The average Bonchev–Trinajstić information content (AvgIpc) is 2.93. The van der Waals surface area contributed by atoms with Gasteiger partial charge in [0.1, 0.15) is 0 Å². The minimum Gasteiger partial charge on any atom is -0.384 e. The highest BCUT2D eigenvalue weighted by Gasteiger charge is 2.13. The summed E-state index contributed by atoms with van der Waals surface area (Å²) in [5, 5.41) is 2.13. The smallest absolute Gasteiger partial charge is 0.0648 e. The van der Waals surface area contributed by atoms with Crippen LogP contribution in [0.4, 0.5) is 0 Å². The molecule has 1 heterocycles. The fraction of sp³-hybridized carbons (Fsp3) is 0.375. The minimum absolute atomic E-state index is 0.00794. The Morgan fingerprint density at radius 3 is 2.58 bits per heavy atom. The van der Waals surface area contributed by atoms with Gasteiger partial charge in [0.2, 0.25) is 0 Å². The van der Waals surface area contributed by atoms with E-state index in [4.69, 9.17) is 10.5 Å². The Bertz CT molecular complexity index is 504.